The topological polar surface area (TPSA) is 33.5 Å². The Labute approximate surface area is 96.3 Å². The van der Waals surface area contributed by atoms with Crippen LogP contribution in [0.1, 0.15) is 20.3 Å². The third kappa shape index (κ3) is 3.74. The molecule has 0 heterocycles. The molecule has 0 saturated carbocycles. The summed E-state index contributed by atoms with van der Waals surface area (Å²) in [5.41, 5.74) is 0.741. The lowest BCUT2D eigenvalue weighted by atomic mass is 10.0. The molecule has 0 fully saturated rings. The first-order valence-corrected chi connectivity index (χ1v) is 5.36. The quantitative estimate of drug-likeness (QED) is 0.771. The van der Waals surface area contributed by atoms with Crippen molar-refractivity contribution >= 4 is 11.6 Å². The normalized spacial score (nSPS) is 11.9. The molecule has 16 heavy (non-hydrogen) atoms. The second-order valence-corrected chi connectivity index (χ2v) is 4.13. The van der Waals surface area contributed by atoms with Crippen LogP contribution in [0.5, 0.6) is 0 Å². The van der Waals surface area contributed by atoms with Gasteiger partial charge in [0.25, 0.3) is 0 Å². The van der Waals surface area contributed by atoms with Crippen LogP contribution in [0.25, 0.3) is 4.85 Å². The predicted molar refractivity (Wildman–Crippen MR) is 64.9 cm³/mol. The van der Waals surface area contributed by atoms with E-state index in [2.05, 4.69) is 10.2 Å². The molecule has 1 unspecified atom stereocenters. The Balaban J connectivity index is 2.61. The Morgan fingerprint density at radius 1 is 1.38 bits per heavy atom. The maximum absolute atomic E-state index is 11.8. The van der Waals surface area contributed by atoms with Crippen LogP contribution < -0.4 is 5.32 Å². The molecule has 1 aromatic rings. The number of hydrogen-bond acceptors (Lipinski definition) is 1. The molecule has 1 aromatic carbocycles. The van der Waals surface area contributed by atoms with E-state index < -0.39 is 6.04 Å². The lowest BCUT2D eigenvalue weighted by Gasteiger charge is -2.08. The lowest BCUT2D eigenvalue weighted by Crippen LogP contribution is -2.26. The van der Waals surface area contributed by atoms with Gasteiger partial charge in [0.05, 0.1) is 0 Å². The fourth-order valence-electron chi connectivity index (χ4n) is 1.41. The van der Waals surface area contributed by atoms with Gasteiger partial charge in [0.1, 0.15) is 0 Å². The highest BCUT2D eigenvalue weighted by atomic mass is 16.2. The van der Waals surface area contributed by atoms with Crippen molar-refractivity contribution in [2.24, 2.45) is 5.92 Å². The predicted octanol–water partition coefficient (Wildman–Crippen LogP) is 2.96. The van der Waals surface area contributed by atoms with Crippen molar-refractivity contribution in [2.45, 2.75) is 26.3 Å². The van der Waals surface area contributed by atoms with Gasteiger partial charge in [-0.2, -0.15) is 0 Å². The molecule has 84 valence electrons. The third-order valence-electron chi connectivity index (χ3n) is 2.19. The summed E-state index contributed by atoms with van der Waals surface area (Å²) in [5, 5.41) is 2.75. The highest BCUT2D eigenvalue weighted by Crippen LogP contribution is 2.12. The minimum absolute atomic E-state index is 0.213. The summed E-state index contributed by atoms with van der Waals surface area (Å²) in [5.74, 6) is 0.135. The summed E-state index contributed by atoms with van der Waals surface area (Å²) in [6.07, 6.45) is 0.599. The number of anilines is 1. The van der Waals surface area contributed by atoms with Crippen LogP contribution in [0, 0.1) is 12.5 Å². The minimum atomic E-state index is -0.583. The number of amides is 1. The Bertz CT molecular complexity index is 379. The monoisotopic (exact) mass is 216 g/mol. The summed E-state index contributed by atoms with van der Waals surface area (Å²) in [7, 11) is 0. The number of nitrogens with zero attached hydrogens (tertiary/aromatic N) is 1. The van der Waals surface area contributed by atoms with E-state index in [9.17, 15) is 4.79 Å². The molecule has 0 radical (unpaired) electrons. The standard InChI is InChI=1S/C13H16N2O/c1-10(2)9-12(14-3)13(16)15-11-7-5-4-6-8-11/h4-8,10,12H,9H2,1-2H3,(H,15,16). The van der Waals surface area contributed by atoms with Gasteiger partial charge in [0, 0.05) is 12.1 Å². The molecule has 1 N–H and O–H groups in total. The molecular formula is C13H16N2O. The zero-order valence-corrected chi connectivity index (χ0v) is 9.60. The van der Waals surface area contributed by atoms with Gasteiger partial charge in [-0.3, -0.25) is 4.79 Å². The van der Waals surface area contributed by atoms with Gasteiger partial charge in [-0.1, -0.05) is 32.0 Å². The summed E-state index contributed by atoms with van der Waals surface area (Å²) in [6, 6.07) is 8.63. The van der Waals surface area contributed by atoms with Crippen LogP contribution in [0.15, 0.2) is 30.3 Å². The number of carbonyl (C=O) groups is 1. The minimum Gasteiger partial charge on any atom is -0.319 e. The van der Waals surface area contributed by atoms with Crippen molar-refractivity contribution in [3.63, 3.8) is 0 Å². The van der Waals surface area contributed by atoms with E-state index in [4.69, 9.17) is 6.57 Å². The second kappa shape index (κ2) is 5.92. The molecule has 0 aliphatic carbocycles. The zero-order chi connectivity index (χ0) is 12.0. The molecule has 0 spiro atoms. The Morgan fingerprint density at radius 2 is 2.00 bits per heavy atom. The molecule has 0 aliphatic heterocycles. The molecule has 0 bridgehead atoms. The van der Waals surface area contributed by atoms with Crippen molar-refractivity contribution < 1.29 is 4.79 Å². The van der Waals surface area contributed by atoms with Gasteiger partial charge in [-0.25, -0.2) is 6.57 Å². The van der Waals surface area contributed by atoms with E-state index in [-0.39, 0.29) is 5.91 Å². The van der Waals surface area contributed by atoms with Gasteiger partial charge in [-0.15, -0.1) is 0 Å². The Hall–Kier alpha value is -1.82. The van der Waals surface area contributed by atoms with Crippen molar-refractivity contribution in [1.29, 1.82) is 0 Å². The molecule has 0 aromatic heterocycles. The van der Waals surface area contributed by atoms with Crippen molar-refractivity contribution in [3.8, 4) is 0 Å². The van der Waals surface area contributed by atoms with E-state index in [0.29, 0.717) is 12.3 Å². The zero-order valence-electron chi connectivity index (χ0n) is 9.60. The molecular weight excluding hydrogens is 200 g/mol. The summed E-state index contributed by atoms with van der Waals surface area (Å²) >= 11 is 0. The number of carbonyl (C=O) groups excluding carboxylic acids is 1. The summed E-state index contributed by atoms with van der Waals surface area (Å²) < 4.78 is 0. The molecule has 1 amide bonds. The second-order valence-electron chi connectivity index (χ2n) is 4.13. The highest BCUT2D eigenvalue weighted by Gasteiger charge is 2.24. The maximum Gasteiger partial charge on any atom is 0.307 e. The molecule has 0 saturated heterocycles. The van der Waals surface area contributed by atoms with E-state index >= 15 is 0 Å². The Morgan fingerprint density at radius 3 is 2.50 bits per heavy atom. The van der Waals surface area contributed by atoms with Gasteiger partial charge in [0.15, 0.2) is 0 Å². The van der Waals surface area contributed by atoms with Crippen molar-refractivity contribution in [1.82, 2.24) is 0 Å². The largest absolute Gasteiger partial charge is 0.319 e. The van der Waals surface area contributed by atoms with Crippen LogP contribution >= 0.6 is 0 Å². The summed E-state index contributed by atoms with van der Waals surface area (Å²) in [6.45, 7) is 11.0. The van der Waals surface area contributed by atoms with Crippen LogP contribution in [0.2, 0.25) is 0 Å². The first kappa shape index (κ1) is 12.3. The van der Waals surface area contributed by atoms with Crippen LogP contribution in [-0.4, -0.2) is 11.9 Å². The van der Waals surface area contributed by atoms with E-state index in [1.165, 1.54) is 0 Å². The Kier molecular flexibility index (Phi) is 4.53. The summed E-state index contributed by atoms with van der Waals surface area (Å²) in [4.78, 5) is 15.1. The third-order valence-corrected chi connectivity index (χ3v) is 2.19. The number of para-hydroxylation sites is 1. The number of hydrogen-bond donors (Lipinski definition) is 1. The van der Waals surface area contributed by atoms with Crippen molar-refractivity contribution in [3.05, 3.63) is 41.7 Å². The first-order valence-electron chi connectivity index (χ1n) is 5.36. The molecule has 3 heteroatoms. The van der Waals surface area contributed by atoms with Gasteiger partial charge in [-0.05, 0) is 18.1 Å². The first-order chi connectivity index (χ1) is 7.63. The fourth-order valence-corrected chi connectivity index (χ4v) is 1.41. The van der Waals surface area contributed by atoms with Gasteiger partial charge in [0.2, 0.25) is 0 Å². The van der Waals surface area contributed by atoms with E-state index in [0.717, 1.165) is 5.69 Å². The van der Waals surface area contributed by atoms with E-state index in [1.54, 1.807) is 0 Å². The SMILES string of the molecule is [C-]#[N+]C(CC(C)C)C(=O)Nc1ccccc1. The maximum atomic E-state index is 11.8. The van der Waals surface area contributed by atoms with Gasteiger partial charge < -0.3 is 10.2 Å². The van der Waals surface area contributed by atoms with E-state index in [1.807, 2.05) is 44.2 Å². The molecule has 1 rings (SSSR count). The average molecular weight is 216 g/mol. The fraction of sp³-hybridized carbons (Fsp3) is 0.385. The average Bonchev–Trinajstić information content (AvgIpc) is 2.26. The smallest absolute Gasteiger partial charge is 0.307 e. The number of benzene rings is 1. The highest BCUT2D eigenvalue weighted by molar-refractivity contribution is 5.95. The molecule has 1 atom stereocenters. The van der Waals surface area contributed by atoms with Gasteiger partial charge >= 0.3 is 11.9 Å². The molecule has 0 aliphatic rings. The lowest BCUT2D eigenvalue weighted by molar-refractivity contribution is -0.116. The van der Waals surface area contributed by atoms with Crippen LogP contribution in [-0.2, 0) is 4.79 Å². The van der Waals surface area contributed by atoms with Crippen molar-refractivity contribution in [2.75, 3.05) is 5.32 Å². The van der Waals surface area contributed by atoms with Crippen LogP contribution in [0.3, 0.4) is 0 Å². The number of rotatable bonds is 4. The van der Waals surface area contributed by atoms with Crippen LogP contribution in [0.4, 0.5) is 5.69 Å². The number of nitrogens with one attached hydrogen (secondary N) is 1. The molecule has 3 nitrogen and oxygen atoms in total.